The molecule has 142 valence electrons. The Balaban J connectivity index is 1.56. The van der Waals surface area contributed by atoms with Crippen molar-refractivity contribution in [3.8, 4) is 10.6 Å². The van der Waals surface area contributed by atoms with Crippen LogP contribution in [0.1, 0.15) is 37.5 Å². The van der Waals surface area contributed by atoms with E-state index >= 15 is 0 Å². The van der Waals surface area contributed by atoms with E-state index in [0.717, 1.165) is 42.2 Å². The number of sulfonamides is 1. The topological polar surface area (TPSA) is 72.2 Å². The van der Waals surface area contributed by atoms with Crippen molar-refractivity contribution in [3.05, 3.63) is 53.3 Å². The molecule has 1 aliphatic carbocycles. The summed E-state index contributed by atoms with van der Waals surface area (Å²) in [5.74, 6) is 1.09. The van der Waals surface area contributed by atoms with Crippen LogP contribution in [0.5, 0.6) is 0 Å². The number of oxazole rings is 1. The minimum Gasteiger partial charge on any atom is -0.440 e. The van der Waals surface area contributed by atoms with Crippen molar-refractivity contribution in [1.29, 1.82) is 0 Å². The lowest BCUT2D eigenvalue weighted by Gasteiger charge is -2.07. The summed E-state index contributed by atoms with van der Waals surface area (Å²) in [5.41, 5.74) is 0.121. The molecule has 1 aliphatic rings. The molecule has 1 saturated carbocycles. The van der Waals surface area contributed by atoms with Gasteiger partial charge in [0.15, 0.2) is 11.7 Å². The van der Waals surface area contributed by atoms with Crippen LogP contribution in [0.2, 0.25) is 5.02 Å². The number of rotatable bonds is 5. The van der Waals surface area contributed by atoms with Crippen LogP contribution in [-0.4, -0.2) is 13.4 Å². The number of hydrogen-bond acceptors (Lipinski definition) is 5. The van der Waals surface area contributed by atoms with Gasteiger partial charge in [-0.15, -0.1) is 11.3 Å². The van der Waals surface area contributed by atoms with Crippen LogP contribution in [0.25, 0.3) is 10.6 Å². The van der Waals surface area contributed by atoms with Gasteiger partial charge in [-0.1, -0.05) is 24.4 Å². The summed E-state index contributed by atoms with van der Waals surface area (Å²) >= 11 is 6.98. The van der Waals surface area contributed by atoms with Gasteiger partial charge in [0.2, 0.25) is 0 Å². The van der Waals surface area contributed by atoms with Gasteiger partial charge >= 0.3 is 0 Å². The van der Waals surface area contributed by atoms with Crippen LogP contribution in [0.3, 0.4) is 0 Å². The van der Waals surface area contributed by atoms with Crippen LogP contribution < -0.4 is 4.72 Å². The van der Waals surface area contributed by atoms with Gasteiger partial charge in [-0.2, -0.15) is 0 Å². The van der Waals surface area contributed by atoms with Crippen molar-refractivity contribution >= 4 is 38.6 Å². The molecule has 0 atom stereocenters. The third-order valence-electron chi connectivity index (χ3n) is 4.49. The third kappa shape index (κ3) is 3.88. The van der Waals surface area contributed by atoms with Crippen molar-refractivity contribution in [2.45, 2.75) is 35.8 Å². The molecule has 1 fully saturated rings. The molecule has 5 nitrogen and oxygen atoms in total. The highest BCUT2D eigenvalue weighted by Crippen LogP contribution is 2.37. The van der Waals surface area contributed by atoms with Crippen LogP contribution >= 0.6 is 22.9 Å². The first-order valence-corrected chi connectivity index (χ1v) is 11.1. The van der Waals surface area contributed by atoms with Gasteiger partial charge in [0, 0.05) is 5.92 Å². The summed E-state index contributed by atoms with van der Waals surface area (Å²) in [6.45, 7) is 0. The first-order valence-electron chi connectivity index (χ1n) is 8.46. The number of thiophene rings is 1. The van der Waals surface area contributed by atoms with E-state index in [1.165, 1.54) is 25.0 Å². The summed E-state index contributed by atoms with van der Waals surface area (Å²) < 4.78 is 46.7. The normalized spacial score (nSPS) is 15.3. The van der Waals surface area contributed by atoms with Crippen LogP contribution in [0.15, 0.2) is 45.2 Å². The number of halogens is 2. The molecule has 1 aromatic carbocycles. The minimum atomic E-state index is -3.85. The molecule has 0 radical (unpaired) electrons. The first-order chi connectivity index (χ1) is 12.9. The predicted molar refractivity (Wildman–Crippen MR) is 103 cm³/mol. The van der Waals surface area contributed by atoms with Crippen LogP contribution in [-0.2, 0) is 10.0 Å². The maximum Gasteiger partial charge on any atom is 0.271 e. The molecule has 0 bridgehead atoms. The van der Waals surface area contributed by atoms with Crippen LogP contribution in [0, 0.1) is 5.82 Å². The lowest BCUT2D eigenvalue weighted by molar-refractivity contribution is 0.458. The fourth-order valence-electron chi connectivity index (χ4n) is 3.13. The lowest BCUT2D eigenvalue weighted by atomic mass is 10.1. The van der Waals surface area contributed by atoms with Gasteiger partial charge in [-0.05, 0) is 43.2 Å². The maximum atomic E-state index is 13.1. The molecule has 27 heavy (non-hydrogen) atoms. The quantitative estimate of drug-likeness (QED) is 0.571. The van der Waals surface area contributed by atoms with Crippen molar-refractivity contribution in [3.63, 3.8) is 0 Å². The van der Waals surface area contributed by atoms with Gasteiger partial charge in [-0.3, -0.25) is 4.72 Å². The monoisotopic (exact) mass is 426 g/mol. The zero-order valence-corrected chi connectivity index (χ0v) is 16.5. The number of benzene rings is 1. The number of hydrogen-bond donors (Lipinski definition) is 1. The van der Waals surface area contributed by atoms with E-state index in [1.807, 2.05) is 0 Å². The average Bonchev–Trinajstić information content (AvgIpc) is 3.37. The summed E-state index contributed by atoms with van der Waals surface area (Å²) in [7, 11) is -3.85. The summed E-state index contributed by atoms with van der Waals surface area (Å²) in [6.07, 6.45) is 6.15. The largest absolute Gasteiger partial charge is 0.440 e. The second-order valence-electron chi connectivity index (χ2n) is 6.39. The number of anilines is 1. The summed E-state index contributed by atoms with van der Waals surface area (Å²) in [5, 5.41) is -0.00760. The molecular weight excluding hydrogens is 411 g/mol. The molecular formula is C18H16ClFN2O3S2. The van der Waals surface area contributed by atoms with Gasteiger partial charge < -0.3 is 4.42 Å². The highest BCUT2D eigenvalue weighted by molar-refractivity contribution is 7.94. The Bertz CT molecular complexity index is 1070. The first kappa shape index (κ1) is 18.5. The molecule has 0 spiro atoms. The van der Waals surface area contributed by atoms with Crippen molar-refractivity contribution in [1.82, 2.24) is 4.98 Å². The lowest BCUT2D eigenvalue weighted by Crippen LogP contribution is -2.11. The Morgan fingerprint density at radius 3 is 2.74 bits per heavy atom. The maximum absolute atomic E-state index is 13.1. The van der Waals surface area contributed by atoms with Crippen LogP contribution in [0.4, 0.5) is 10.1 Å². The second kappa shape index (κ2) is 7.26. The fourth-order valence-corrected chi connectivity index (χ4v) is 5.73. The molecule has 0 aliphatic heterocycles. The Morgan fingerprint density at radius 1 is 1.22 bits per heavy atom. The second-order valence-corrected chi connectivity index (χ2v) is 9.79. The molecule has 1 N–H and O–H groups in total. The zero-order chi connectivity index (χ0) is 19.0. The number of nitrogens with one attached hydrogen (secondary N) is 1. The Kier molecular flexibility index (Phi) is 4.96. The Labute approximate surface area is 165 Å². The molecule has 0 amide bonds. The third-order valence-corrected chi connectivity index (χ3v) is 7.76. The van der Waals surface area contributed by atoms with E-state index in [0.29, 0.717) is 16.6 Å². The smallest absolute Gasteiger partial charge is 0.271 e. The SMILES string of the molecule is O=S(=O)(Nc1ccc(F)cc1Cl)c1ccc(-c2cnc(C3CCCC3)o2)s1. The van der Waals surface area contributed by atoms with E-state index < -0.39 is 15.8 Å². The van der Waals surface area contributed by atoms with Crippen molar-refractivity contribution in [2.24, 2.45) is 0 Å². The van der Waals surface area contributed by atoms with Gasteiger partial charge in [0.05, 0.1) is 21.8 Å². The Hall–Kier alpha value is -1.90. The summed E-state index contributed by atoms with van der Waals surface area (Å²) in [4.78, 5) is 5.03. The fraction of sp³-hybridized carbons (Fsp3) is 0.278. The van der Waals surface area contributed by atoms with Gasteiger partial charge in [0.25, 0.3) is 10.0 Å². The number of nitrogens with zero attached hydrogens (tertiary/aromatic N) is 1. The van der Waals surface area contributed by atoms with Gasteiger partial charge in [-0.25, -0.2) is 17.8 Å². The molecule has 4 rings (SSSR count). The highest BCUT2D eigenvalue weighted by atomic mass is 35.5. The van der Waals surface area contributed by atoms with Crippen molar-refractivity contribution in [2.75, 3.05) is 4.72 Å². The Morgan fingerprint density at radius 2 is 2.00 bits per heavy atom. The van der Waals surface area contributed by atoms with E-state index in [4.69, 9.17) is 16.0 Å². The molecule has 3 aromatic rings. The zero-order valence-electron chi connectivity index (χ0n) is 14.1. The van der Waals surface area contributed by atoms with E-state index in [-0.39, 0.29) is 14.9 Å². The number of aromatic nitrogens is 1. The van der Waals surface area contributed by atoms with Gasteiger partial charge in [0.1, 0.15) is 10.0 Å². The average molecular weight is 427 g/mol. The van der Waals surface area contributed by atoms with E-state index in [1.54, 1.807) is 12.3 Å². The standard InChI is InChI=1S/C18H16ClFN2O3S2/c19-13-9-12(20)5-6-14(13)22-27(23,24)17-8-7-16(26-17)15-10-21-18(25-15)11-3-1-2-4-11/h5-11,22H,1-4H2. The minimum absolute atomic E-state index is 0.00760. The molecule has 9 heteroatoms. The molecule has 2 aromatic heterocycles. The molecule has 0 unspecified atom stereocenters. The van der Waals surface area contributed by atoms with E-state index in [2.05, 4.69) is 9.71 Å². The van der Waals surface area contributed by atoms with Crippen molar-refractivity contribution < 1.29 is 17.2 Å². The summed E-state index contributed by atoms with van der Waals surface area (Å²) in [6, 6.07) is 6.66. The highest BCUT2D eigenvalue weighted by Gasteiger charge is 2.24. The molecule has 2 heterocycles. The predicted octanol–water partition coefficient (Wildman–Crippen LogP) is 5.65. The van der Waals surface area contributed by atoms with E-state index in [9.17, 15) is 12.8 Å². The molecule has 0 saturated heterocycles.